The summed E-state index contributed by atoms with van der Waals surface area (Å²) in [6.45, 7) is 4.10. The lowest BCUT2D eigenvalue weighted by Crippen LogP contribution is -2.11. The minimum absolute atomic E-state index is 0.203. The molecule has 1 rings (SSSR count). The van der Waals surface area contributed by atoms with Crippen molar-refractivity contribution < 1.29 is 9.50 Å². The topological polar surface area (TPSA) is 20.2 Å². The van der Waals surface area contributed by atoms with Crippen LogP contribution in [0.3, 0.4) is 0 Å². The zero-order valence-corrected chi connectivity index (χ0v) is 11.6. The summed E-state index contributed by atoms with van der Waals surface area (Å²) in [5, 5.41) is 9.96. The third-order valence-corrected chi connectivity index (χ3v) is 3.40. The quantitative estimate of drug-likeness (QED) is 0.680. The first-order valence-corrected chi connectivity index (χ1v) is 7.06. The van der Waals surface area contributed by atoms with Crippen LogP contribution in [0.4, 0.5) is 4.39 Å². The molecule has 0 aliphatic carbocycles. The predicted molar refractivity (Wildman–Crippen MR) is 74.2 cm³/mol. The Morgan fingerprint density at radius 1 is 1.17 bits per heavy atom. The molecule has 0 spiro atoms. The van der Waals surface area contributed by atoms with Gasteiger partial charge in [-0.25, -0.2) is 4.39 Å². The Kier molecular flexibility index (Phi) is 6.96. The van der Waals surface area contributed by atoms with E-state index >= 15 is 0 Å². The molecule has 1 aromatic rings. The van der Waals surface area contributed by atoms with Crippen molar-refractivity contribution >= 4 is 0 Å². The minimum atomic E-state index is -0.296. The van der Waals surface area contributed by atoms with E-state index in [4.69, 9.17) is 0 Å². The van der Waals surface area contributed by atoms with E-state index in [0.29, 0.717) is 6.42 Å². The number of aliphatic hydroxyl groups is 1. The average Bonchev–Trinajstić information content (AvgIpc) is 2.32. The first kappa shape index (κ1) is 15.2. The second-order valence-corrected chi connectivity index (χ2v) is 5.13. The number of unbranched alkanes of at least 4 members (excludes halogenated alkanes) is 4. The standard InChI is InChI=1S/C16H25FO/c1-3-4-5-6-7-8-16(18)12-14-9-10-15(17)11-13(14)2/h9-11,16,18H,3-8,12H2,1-2H3. The smallest absolute Gasteiger partial charge is 0.123 e. The van der Waals surface area contributed by atoms with Gasteiger partial charge in [0.1, 0.15) is 5.82 Å². The largest absolute Gasteiger partial charge is 0.393 e. The summed E-state index contributed by atoms with van der Waals surface area (Å²) in [7, 11) is 0. The summed E-state index contributed by atoms with van der Waals surface area (Å²) in [5.41, 5.74) is 1.98. The Morgan fingerprint density at radius 3 is 2.56 bits per heavy atom. The van der Waals surface area contributed by atoms with Gasteiger partial charge in [0.05, 0.1) is 6.10 Å². The fraction of sp³-hybridized carbons (Fsp3) is 0.625. The van der Waals surface area contributed by atoms with Gasteiger partial charge in [0.25, 0.3) is 0 Å². The molecule has 0 heterocycles. The number of hydrogen-bond acceptors (Lipinski definition) is 1. The predicted octanol–water partition coefficient (Wildman–Crippen LogP) is 4.40. The molecule has 1 unspecified atom stereocenters. The second-order valence-electron chi connectivity index (χ2n) is 5.13. The van der Waals surface area contributed by atoms with Gasteiger partial charge in [-0.2, -0.15) is 0 Å². The van der Waals surface area contributed by atoms with Crippen molar-refractivity contribution in [1.29, 1.82) is 0 Å². The molecular weight excluding hydrogens is 227 g/mol. The highest BCUT2D eigenvalue weighted by Crippen LogP contribution is 2.15. The highest BCUT2D eigenvalue weighted by atomic mass is 19.1. The second kappa shape index (κ2) is 8.25. The molecule has 0 saturated carbocycles. The molecule has 0 saturated heterocycles. The first-order valence-electron chi connectivity index (χ1n) is 7.06. The van der Waals surface area contributed by atoms with Gasteiger partial charge in [0.2, 0.25) is 0 Å². The van der Waals surface area contributed by atoms with E-state index in [2.05, 4.69) is 6.92 Å². The van der Waals surface area contributed by atoms with E-state index < -0.39 is 0 Å². The van der Waals surface area contributed by atoms with E-state index in [1.165, 1.54) is 37.8 Å². The summed E-state index contributed by atoms with van der Waals surface area (Å²) in [5.74, 6) is -0.203. The van der Waals surface area contributed by atoms with Gasteiger partial charge in [-0.1, -0.05) is 45.1 Å². The third-order valence-electron chi connectivity index (χ3n) is 3.40. The summed E-state index contributed by atoms with van der Waals surface area (Å²) in [6, 6.07) is 4.78. The minimum Gasteiger partial charge on any atom is -0.393 e. The monoisotopic (exact) mass is 252 g/mol. The molecule has 1 aromatic carbocycles. The van der Waals surface area contributed by atoms with Crippen LogP contribution < -0.4 is 0 Å². The number of benzene rings is 1. The summed E-state index contributed by atoms with van der Waals surface area (Å²) in [6.07, 6.45) is 7.27. The van der Waals surface area contributed by atoms with Crippen LogP contribution in [0, 0.1) is 12.7 Å². The van der Waals surface area contributed by atoms with Crippen molar-refractivity contribution in [2.24, 2.45) is 0 Å². The maximum absolute atomic E-state index is 12.9. The van der Waals surface area contributed by atoms with Crippen molar-refractivity contribution in [3.05, 3.63) is 35.1 Å². The van der Waals surface area contributed by atoms with Gasteiger partial charge >= 0.3 is 0 Å². The van der Waals surface area contributed by atoms with Crippen LogP contribution in [0.1, 0.15) is 56.6 Å². The van der Waals surface area contributed by atoms with Crippen LogP contribution >= 0.6 is 0 Å². The number of halogens is 1. The van der Waals surface area contributed by atoms with Crippen molar-refractivity contribution in [3.8, 4) is 0 Å². The Bertz CT molecular complexity index is 349. The lowest BCUT2D eigenvalue weighted by molar-refractivity contribution is 0.160. The average molecular weight is 252 g/mol. The van der Waals surface area contributed by atoms with Gasteiger partial charge in [0.15, 0.2) is 0 Å². The molecule has 1 N–H and O–H groups in total. The van der Waals surface area contributed by atoms with E-state index in [-0.39, 0.29) is 11.9 Å². The molecule has 2 heteroatoms. The molecule has 0 fully saturated rings. The van der Waals surface area contributed by atoms with Crippen molar-refractivity contribution in [2.75, 3.05) is 0 Å². The maximum atomic E-state index is 12.9. The SMILES string of the molecule is CCCCCCCC(O)Cc1ccc(F)cc1C. The molecule has 0 aliphatic heterocycles. The highest BCUT2D eigenvalue weighted by molar-refractivity contribution is 5.27. The summed E-state index contributed by atoms with van der Waals surface area (Å²) >= 11 is 0. The molecular formula is C16H25FO. The zero-order chi connectivity index (χ0) is 13.4. The van der Waals surface area contributed by atoms with Crippen LogP contribution in [-0.2, 0) is 6.42 Å². The Morgan fingerprint density at radius 2 is 1.89 bits per heavy atom. The Balaban J connectivity index is 2.28. The van der Waals surface area contributed by atoms with Crippen molar-refractivity contribution in [2.45, 2.75) is 64.9 Å². The fourth-order valence-electron chi connectivity index (χ4n) is 2.23. The first-order chi connectivity index (χ1) is 8.63. The molecule has 1 atom stereocenters. The molecule has 0 amide bonds. The molecule has 0 aromatic heterocycles. The molecule has 102 valence electrons. The zero-order valence-electron chi connectivity index (χ0n) is 11.6. The third kappa shape index (κ3) is 5.63. The van der Waals surface area contributed by atoms with Gasteiger partial charge in [-0.15, -0.1) is 0 Å². The molecule has 0 radical (unpaired) electrons. The lowest BCUT2D eigenvalue weighted by Gasteiger charge is -2.12. The number of hydrogen-bond donors (Lipinski definition) is 1. The lowest BCUT2D eigenvalue weighted by atomic mass is 9.99. The molecule has 0 aliphatic rings. The normalized spacial score (nSPS) is 12.7. The number of aliphatic hydroxyl groups excluding tert-OH is 1. The maximum Gasteiger partial charge on any atom is 0.123 e. The van der Waals surface area contributed by atoms with Crippen LogP contribution in [0.25, 0.3) is 0 Å². The van der Waals surface area contributed by atoms with E-state index in [9.17, 15) is 9.50 Å². The summed E-state index contributed by atoms with van der Waals surface area (Å²) in [4.78, 5) is 0. The van der Waals surface area contributed by atoms with Gasteiger partial charge in [-0.05, 0) is 43.0 Å². The van der Waals surface area contributed by atoms with Crippen LogP contribution in [0.2, 0.25) is 0 Å². The highest BCUT2D eigenvalue weighted by Gasteiger charge is 2.08. The van der Waals surface area contributed by atoms with Crippen LogP contribution in [0.5, 0.6) is 0 Å². The van der Waals surface area contributed by atoms with E-state index in [0.717, 1.165) is 24.0 Å². The van der Waals surface area contributed by atoms with Gasteiger partial charge < -0.3 is 5.11 Å². The van der Waals surface area contributed by atoms with Crippen molar-refractivity contribution in [1.82, 2.24) is 0 Å². The molecule has 0 bridgehead atoms. The summed E-state index contributed by atoms with van der Waals surface area (Å²) < 4.78 is 12.9. The van der Waals surface area contributed by atoms with Crippen LogP contribution in [0.15, 0.2) is 18.2 Å². The van der Waals surface area contributed by atoms with Crippen molar-refractivity contribution in [3.63, 3.8) is 0 Å². The van der Waals surface area contributed by atoms with Gasteiger partial charge in [-0.3, -0.25) is 0 Å². The number of rotatable bonds is 8. The van der Waals surface area contributed by atoms with E-state index in [1.807, 2.05) is 6.92 Å². The molecule has 1 nitrogen and oxygen atoms in total. The Labute approximate surface area is 110 Å². The van der Waals surface area contributed by atoms with E-state index in [1.54, 1.807) is 6.07 Å². The molecule has 18 heavy (non-hydrogen) atoms. The van der Waals surface area contributed by atoms with Crippen LogP contribution in [-0.4, -0.2) is 11.2 Å². The number of aryl methyl sites for hydroxylation is 1. The van der Waals surface area contributed by atoms with Gasteiger partial charge in [0, 0.05) is 0 Å². The Hall–Kier alpha value is -0.890. The fourth-order valence-corrected chi connectivity index (χ4v) is 2.23.